The van der Waals surface area contributed by atoms with Gasteiger partial charge in [0, 0.05) is 5.92 Å². The minimum absolute atomic E-state index is 0.0186. The highest BCUT2D eigenvalue weighted by Crippen LogP contribution is 2.21. The highest BCUT2D eigenvalue weighted by molar-refractivity contribution is 4.75. The largest absolute Gasteiger partial charge is 0.393 e. The summed E-state index contributed by atoms with van der Waals surface area (Å²) in [7, 11) is 0. The Kier molecular flexibility index (Phi) is 5.51. The first-order chi connectivity index (χ1) is 5.54. The summed E-state index contributed by atoms with van der Waals surface area (Å²) in [5, 5.41) is 19.1. The highest BCUT2D eigenvalue weighted by atomic mass is 16.3. The zero-order chi connectivity index (χ0) is 9.72. The third kappa shape index (κ3) is 3.11. The molecule has 0 radical (unpaired) electrons. The fourth-order valence-electron chi connectivity index (χ4n) is 1.49. The molecule has 2 nitrogen and oxygen atoms in total. The smallest absolute Gasteiger partial charge is 0.0618 e. The zero-order valence-electron chi connectivity index (χ0n) is 8.62. The third-order valence-corrected chi connectivity index (χ3v) is 2.83. The Bertz CT molecular complexity index is 106. The predicted octanol–water partition coefficient (Wildman–Crippen LogP) is 1.80. The molecule has 0 bridgehead atoms. The summed E-state index contributed by atoms with van der Waals surface area (Å²) in [6.07, 6.45) is 1.18. The molecule has 12 heavy (non-hydrogen) atoms. The molecule has 0 rings (SSSR count). The molecule has 0 fully saturated rings. The average Bonchev–Trinajstić information content (AvgIpc) is 2.05. The van der Waals surface area contributed by atoms with E-state index >= 15 is 0 Å². The SMILES string of the molecule is CCC(CC)C(O)C(C)C(C)O. The summed E-state index contributed by atoms with van der Waals surface area (Å²) >= 11 is 0. The van der Waals surface area contributed by atoms with Crippen molar-refractivity contribution >= 4 is 0 Å². The first-order valence-corrected chi connectivity index (χ1v) is 4.90. The van der Waals surface area contributed by atoms with Gasteiger partial charge in [-0.15, -0.1) is 0 Å². The molecule has 74 valence electrons. The lowest BCUT2D eigenvalue weighted by atomic mass is 9.86. The van der Waals surface area contributed by atoms with Crippen LogP contribution in [0.1, 0.15) is 40.5 Å². The molecule has 3 atom stereocenters. The Morgan fingerprint density at radius 3 is 1.67 bits per heavy atom. The standard InChI is InChI=1S/C10H22O2/c1-5-9(6-2)10(12)7(3)8(4)11/h7-12H,5-6H2,1-4H3. The van der Waals surface area contributed by atoms with Gasteiger partial charge in [-0.05, 0) is 12.8 Å². The van der Waals surface area contributed by atoms with E-state index in [-0.39, 0.29) is 12.0 Å². The van der Waals surface area contributed by atoms with E-state index in [2.05, 4.69) is 13.8 Å². The maximum atomic E-state index is 9.79. The molecule has 0 amide bonds. The second-order valence-corrected chi connectivity index (χ2v) is 3.67. The van der Waals surface area contributed by atoms with Gasteiger partial charge < -0.3 is 10.2 Å². The molecule has 0 heterocycles. The van der Waals surface area contributed by atoms with Crippen molar-refractivity contribution in [1.29, 1.82) is 0 Å². The Morgan fingerprint density at radius 2 is 1.42 bits per heavy atom. The summed E-state index contributed by atoms with van der Waals surface area (Å²) in [6, 6.07) is 0. The third-order valence-electron chi connectivity index (χ3n) is 2.83. The lowest BCUT2D eigenvalue weighted by Gasteiger charge is -2.27. The van der Waals surface area contributed by atoms with Gasteiger partial charge >= 0.3 is 0 Å². The maximum Gasteiger partial charge on any atom is 0.0618 e. The Labute approximate surface area is 75.6 Å². The van der Waals surface area contributed by atoms with Crippen molar-refractivity contribution in [2.75, 3.05) is 0 Å². The summed E-state index contributed by atoms with van der Waals surface area (Å²) in [4.78, 5) is 0. The molecule has 0 aliphatic carbocycles. The molecule has 0 aromatic heterocycles. The topological polar surface area (TPSA) is 40.5 Å². The van der Waals surface area contributed by atoms with Crippen LogP contribution in [0.2, 0.25) is 0 Å². The van der Waals surface area contributed by atoms with Crippen LogP contribution >= 0.6 is 0 Å². The van der Waals surface area contributed by atoms with Crippen LogP contribution in [0.4, 0.5) is 0 Å². The van der Waals surface area contributed by atoms with E-state index in [1.165, 1.54) is 0 Å². The minimum atomic E-state index is -0.416. The van der Waals surface area contributed by atoms with Gasteiger partial charge in [0.1, 0.15) is 0 Å². The van der Waals surface area contributed by atoms with Crippen LogP contribution in [0.3, 0.4) is 0 Å². The molecule has 3 unspecified atom stereocenters. The van der Waals surface area contributed by atoms with Gasteiger partial charge in [0.25, 0.3) is 0 Å². The van der Waals surface area contributed by atoms with Crippen LogP contribution in [0.25, 0.3) is 0 Å². The highest BCUT2D eigenvalue weighted by Gasteiger charge is 2.24. The van der Waals surface area contributed by atoms with Gasteiger partial charge in [0.2, 0.25) is 0 Å². The number of aliphatic hydroxyl groups excluding tert-OH is 2. The molecular formula is C10H22O2. The van der Waals surface area contributed by atoms with Crippen LogP contribution in [-0.4, -0.2) is 22.4 Å². The first kappa shape index (κ1) is 11.9. The Morgan fingerprint density at radius 1 is 1.00 bits per heavy atom. The fourth-order valence-corrected chi connectivity index (χ4v) is 1.49. The van der Waals surface area contributed by atoms with Crippen LogP contribution < -0.4 is 0 Å². The van der Waals surface area contributed by atoms with Gasteiger partial charge in [0.05, 0.1) is 12.2 Å². The molecule has 0 aliphatic rings. The predicted molar refractivity (Wildman–Crippen MR) is 50.9 cm³/mol. The van der Waals surface area contributed by atoms with Crippen molar-refractivity contribution in [2.45, 2.75) is 52.7 Å². The summed E-state index contributed by atoms with van der Waals surface area (Å²) in [5.74, 6) is 0.310. The second kappa shape index (κ2) is 5.55. The van der Waals surface area contributed by atoms with E-state index < -0.39 is 6.10 Å². The molecule has 2 N–H and O–H groups in total. The van der Waals surface area contributed by atoms with Gasteiger partial charge in [0.15, 0.2) is 0 Å². The van der Waals surface area contributed by atoms with Crippen molar-refractivity contribution in [2.24, 2.45) is 11.8 Å². The van der Waals surface area contributed by atoms with Crippen molar-refractivity contribution in [3.63, 3.8) is 0 Å². The quantitative estimate of drug-likeness (QED) is 0.667. The van der Waals surface area contributed by atoms with E-state index in [1.807, 2.05) is 6.92 Å². The van der Waals surface area contributed by atoms with Crippen LogP contribution in [-0.2, 0) is 0 Å². The van der Waals surface area contributed by atoms with E-state index in [0.717, 1.165) is 12.8 Å². The second-order valence-electron chi connectivity index (χ2n) is 3.67. The number of rotatable bonds is 5. The van der Waals surface area contributed by atoms with Crippen LogP contribution in [0, 0.1) is 11.8 Å². The minimum Gasteiger partial charge on any atom is -0.393 e. The molecule has 0 spiro atoms. The molecule has 0 saturated heterocycles. The first-order valence-electron chi connectivity index (χ1n) is 4.90. The van der Waals surface area contributed by atoms with Crippen molar-refractivity contribution in [1.82, 2.24) is 0 Å². The van der Waals surface area contributed by atoms with Crippen molar-refractivity contribution in [3.8, 4) is 0 Å². The van der Waals surface area contributed by atoms with E-state index in [1.54, 1.807) is 6.92 Å². The number of hydrogen-bond donors (Lipinski definition) is 2. The van der Waals surface area contributed by atoms with Crippen molar-refractivity contribution in [3.05, 3.63) is 0 Å². The number of hydrogen-bond acceptors (Lipinski definition) is 2. The molecule has 0 aromatic carbocycles. The Hall–Kier alpha value is -0.0800. The molecule has 2 heteroatoms. The van der Waals surface area contributed by atoms with Gasteiger partial charge in [-0.3, -0.25) is 0 Å². The lowest BCUT2D eigenvalue weighted by Crippen LogP contribution is -2.33. The summed E-state index contributed by atoms with van der Waals surface area (Å²) < 4.78 is 0. The van der Waals surface area contributed by atoms with E-state index in [0.29, 0.717) is 5.92 Å². The average molecular weight is 174 g/mol. The van der Waals surface area contributed by atoms with E-state index in [9.17, 15) is 10.2 Å². The molecular weight excluding hydrogens is 152 g/mol. The van der Waals surface area contributed by atoms with E-state index in [4.69, 9.17) is 0 Å². The molecule has 0 aliphatic heterocycles. The number of aliphatic hydroxyl groups is 2. The summed E-state index contributed by atoms with van der Waals surface area (Å²) in [6.45, 7) is 7.78. The molecule has 0 saturated carbocycles. The monoisotopic (exact) mass is 174 g/mol. The maximum absolute atomic E-state index is 9.79. The Balaban J connectivity index is 4.05. The zero-order valence-corrected chi connectivity index (χ0v) is 8.62. The van der Waals surface area contributed by atoms with Crippen LogP contribution in [0.5, 0.6) is 0 Å². The fraction of sp³-hybridized carbons (Fsp3) is 1.00. The molecule has 0 aromatic rings. The van der Waals surface area contributed by atoms with Gasteiger partial charge in [-0.25, -0.2) is 0 Å². The lowest BCUT2D eigenvalue weighted by molar-refractivity contribution is -0.00514. The van der Waals surface area contributed by atoms with Gasteiger partial charge in [-0.1, -0.05) is 33.6 Å². The van der Waals surface area contributed by atoms with Crippen molar-refractivity contribution < 1.29 is 10.2 Å². The summed E-state index contributed by atoms with van der Waals surface area (Å²) in [5.41, 5.74) is 0. The van der Waals surface area contributed by atoms with Gasteiger partial charge in [-0.2, -0.15) is 0 Å². The van der Waals surface area contributed by atoms with Crippen LogP contribution in [0.15, 0.2) is 0 Å². The normalized spacial score (nSPS) is 19.2.